The Kier molecular flexibility index (Phi) is 4.94. The largest absolute Gasteiger partial charge is 0.402 e. The number of rotatable bonds is 6. The van der Waals surface area contributed by atoms with Crippen molar-refractivity contribution in [2.45, 2.75) is 4.90 Å². The normalized spacial score (nSPS) is 11.2. The summed E-state index contributed by atoms with van der Waals surface area (Å²) in [4.78, 5) is 14.1. The third-order valence-electron chi connectivity index (χ3n) is 4.07. The van der Waals surface area contributed by atoms with Crippen molar-refractivity contribution in [1.29, 1.82) is 0 Å². The topological polar surface area (TPSA) is 132 Å². The van der Waals surface area contributed by atoms with Crippen LogP contribution >= 0.6 is 0 Å². The first kappa shape index (κ1) is 19.2. The fourth-order valence-corrected chi connectivity index (χ4v) is 4.03. The van der Waals surface area contributed by atoms with E-state index in [4.69, 9.17) is 4.42 Å². The van der Waals surface area contributed by atoms with Gasteiger partial charge in [0.15, 0.2) is 0 Å². The molecule has 10 nitrogen and oxygen atoms in total. The number of hydrogen-bond acceptors (Lipinski definition) is 8. The van der Waals surface area contributed by atoms with Crippen molar-refractivity contribution in [1.82, 2.24) is 15.2 Å². The van der Waals surface area contributed by atoms with Crippen molar-refractivity contribution in [3.8, 4) is 11.5 Å². The number of sulfonamides is 1. The molecule has 2 heterocycles. The van der Waals surface area contributed by atoms with Gasteiger partial charge in [0.25, 0.3) is 21.6 Å². The molecule has 0 saturated carbocycles. The van der Waals surface area contributed by atoms with Gasteiger partial charge in [-0.05, 0) is 36.4 Å². The zero-order valence-electron chi connectivity index (χ0n) is 15.2. The summed E-state index contributed by atoms with van der Waals surface area (Å²) in [6, 6.07) is 15.8. The van der Waals surface area contributed by atoms with Crippen LogP contribution in [0, 0.1) is 10.1 Å². The maximum absolute atomic E-state index is 13.4. The molecule has 2 aromatic carbocycles. The first-order valence-electron chi connectivity index (χ1n) is 8.55. The Hall–Kier alpha value is -4.12. The molecule has 0 fully saturated rings. The molecule has 0 unspecified atom stereocenters. The fraction of sp³-hybridized carbons (Fsp3) is 0. The van der Waals surface area contributed by atoms with Gasteiger partial charge in [-0.2, -0.15) is 4.31 Å². The Bertz CT molecular complexity index is 1280. The van der Waals surface area contributed by atoms with Crippen molar-refractivity contribution in [3.05, 3.63) is 89.2 Å². The standard InChI is InChI=1S/C19H13N5O5S/c25-24(26)16-8-10-17(11-9-16)30(27,28)23(15-6-2-1-3-7-15)19-22-21-18(29-19)14-5-4-12-20-13-14/h1-13H. The lowest BCUT2D eigenvalue weighted by molar-refractivity contribution is -0.384. The molecule has 0 atom stereocenters. The summed E-state index contributed by atoms with van der Waals surface area (Å²) in [5.41, 5.74) is 0.561. The summed E-state index contributed by atoms with van der Waals surface area (Å²) < 4.78 is 33.3. The van der Waals surface area contributed by atoms with Gasteiger partial charge in [-0.15, -0.1) is 5.10 Å². The highest BCUT2D eigenvalue weighted by atomic mass is 32.2. The van der Waals surface area contributed by atoms with Gasteiger partial charge < -0.3 is 4.42 Å². The highest BCUT2D eigenvalue weighted by molar-refractivity contribution is 7.93. The van der Waals surface area contributed by atoms with Crippen LogP contribution in [0.5, 0.6) is 0 Å². The highest BCUT2D eigenvalue weighted by Crippen LogP contribution is 2.33. The Morgan fingerprint density at radius 3 is 2.30 bits per heavy atom. The van der Waals surface area contributed by atoms with Crippen LogP contribution in [-0.2, 0) is 10.0 Å². The van der Waals surface area contributed by atoms with Gasteiger partial charge in [-0.3, -0.25) is 15.1 Å². The summed E-state index contributed by atoms with van der Waals surface area (Å²) in [5.74, 6) is 0.0953. The molecule has 0 N–H and O–H groups in total. The van der Waals surface area contributed by atoms with Crippen molar-refractivity contribution in [2.75, 3.05) is 4.31 Å². The number of non-ortho nitro benzene ring substituents is 1. The van der Waals surface area contributed by atoms with E-state index in [1.807, 2.05) is 0 Å². The highest BCUT2D eigenvalue weighted by Gasteiger charge is 2.31. The van der Waals surface area contributed by atoms with Gasteiger partial charge >= 0.3 is 6.01 Å². The molecule has 2 aromatic heterocycles. The number of aromatic nitrogens is 3. The SMILES string of the molecule is O=[N+]([O-])c1ccc(S(=O)(=O)N(c2ccccc2)c2nnc(-c3cccnc3)o2)cc1. The van der Waals surface area contributed by atoms with Crippen LogP contribution in [0.2, 0.25) is 0 Å². The second kappa shape index (κ2) is 7.72. The number of nitro benzene ring substituents is 1. The number of nitro groups is 1. The van der Waals surface area contributed by atoms with Crippen molar-refractivity contribution >= 4 is 27.4 Å². The van der Waals surface area contributed by atoms with Gasteiger partial charge in [0.1, 0.15) is 0 Å². The molecule has 0 spiro atoms. The molecule has 0 aliphatic heterocycles. The minimum Gasteiger partial charge on any atom is -0.402 e. The number of para-hydroxylation sites is 1. The lowest BCUT2D eigenvalue weighted by Crippen LogP contribution is -2.26. The molecular weight excluding hydrogens is 410 g/mol. The number of anilines is 2. The molecule has 150 valence electrons. The van der Waals surface area contributed by atoms with E-state index < -0.39 is 14.9 Å². The van der Waals surface area contributed by atoms with Gasteiger partial charge in [0.05, 0.1) is 21.1 Å². The van der Waals surface area contributed by atoms with Crippen LogP contribution in [-0.4, -0.2) is 28.5 Å². The molecule has 0 aliphatic rings. The van der Waals surface area contributed by atoms with E-state index in [1.54, 1.807) is 48.7 Å². The van der Waals surface area contributed by atoms with Crippen molar-refractivity contribution in [2.24, 2.45) is 0 Å². The van der Waals surface area contributed by atoms with Crippen LogP contribution < -0.4 is 4.31 Å². The van der Waals surface area contributed by atoms with E-state index in [1.165, 1.54) is 6.20 Å². The zero-order valence-corrected chi connectivity index (χ0v) is 16.0. The Labute approximate surface area is 170 Å². The zero-order chi connectivity index (χ0) is 21.1. The lowest BCUT2D eigenvalue weighted by Gasteiger charge is -2.20. The van der Waals surface area contributed by atoms with E-state index in [2.05, 4.69) is 15.2 Å². The van der Waals surface area contributed by atoms with Crippen LogP contribution in [0.4, 0.5) is 17.4 Å². The number of benzene rings is 2. The summed E-state index contributed by atoms with van der Waals surface area (Å²) in [7, 11) is -4.22. The van der Waals surface area contributed by atoms with Crippen LogP contribution in [0.15, 0.2) is 88.4 Å². The van der Waals surface area contributed by atoms with Gasteiger partial charge in [0, 0.05) is 24.5 Å². The molecular formula is C19H13N5O5S. The minimum absolute atomic E-state index is 0.0953. The quantitative estimate of drug-likeness (QED) is 0.339. The fourth-order valence-electron chi connectivity index (χ4n) is 2.66. The molecule has 4 aromatic rings. The molecule has 30 heavy (non-hydrogen) atoms. The van der Waals surface area contributed by atoms with E-state index in [0.29, 0.717) is 5.56 Å². The Morgan fingerprint density at radius 1 is 0.933 bits per heavy atom. The van der Waals surface area contributed by atoms with E-state index in [0.717, 1.165) is 28.6 Å². The van der Waals surface area contributed by atoms with Crippen molar-refractivity contribution in [3.63, 3.8) is 0 Å². The summed E-state index contributed by atoms with van der Waals surface area (Å²) >= 11 is 0. The smallest absolute Gasteiger partial charge is 0.337 e. The molecule has 4 rings (SSSR count). The van der Waals surface area contributed by atoms with E-state index in [9.17, 15) is 18.5 Å². The summed E-state index contributed by atoms with van der Waals surface area (Å²) in [5, 5.41) is 18.7. The van der Waals surface area contributed by atoms with Gasteiger partial charge in [-0.25, -0.2) is 8.42 Å². The monoisotopic (exact) mass is 423 g/mol. The lowest BCUT2D eigenvalue weighted by atomic mass is 10.3. The first-order chi connectivity index (χ1) is 14.5. The average Bonchev–Trinajstić information content (AvgIpc) is 3.24. The number of hydrogen-bond donors (Lipinski definition) is 0. The Balaban J connectivity index is 1.81. The molecule has 0 bridgehead atoms. The Morgan fingerprint density at radius 2 is 1.67 bits per heavy atom. The number of nitrogens with zero attached hydrogens (tertiary/aromatic N) is 5. The van der Waals surface area contributed by atoms with E-state index >= 15 is 0 Å². The second-order valence-corrected chi connectivity index (χ2v) is 7.77. The average molecular weight is 423 g/mol. The summed E-state index contributed by atoms with van der Waals surface area (Å²) in [6.45, 7) is 0. The number of pyridine rings is 1. The molecule has 0 amide bonds. The summed E-state index contributed by atoms with van der Waals surface area (Å²) in [6.07, 6.45) is 3.09. The minimum atomic E-state index is -4.22. The van der Waals surface area contributed by atoms with Gasteiger partial charge in [-0.1, -0.05) is 23.3 Å². The van der Waals surface area contributed by atoms with E-state index in [-0.39, 0.29) is 28.2 Å². The van der Waals surface area contributed by atoms with Crippen LogP contribution in [0.1, 0.15) is 0 Å². The third-order valence-corrected chi connectivity index (χ3v) is 5.79. The molecule has 0 aliphatic carbocycles. The third kappa shape index (κ3) is 3.61. The first-order valence-corrected chi connectivity index (χ1v) is 9.99. The van der Waals surface area contributed by atoms with Crippen LogP contribution in [0.25, 0.3) is 11.5 Å². The molecule has 11 heteroatoms. The molecule has 0 radical (unpaired) electrons. The van der Waals surface area contributed by atoms with Gasteiger partial charge in [0.2, 0.25) is 0 Å². The maximum atomic E-state index is 13.4. The predicted molar refractivity (Wildman–Crippen MR) is 106 cm³/mol. The second-order valence-electron chi connectivity index (χ2n) is 5.99. The van der Waals surface area contributed by atoms with Crippen molar-refractivity contribution < 1.29 is 17.8 Å². The maximum Gasteiger partial charge on any atom is 0.337 e. The predicted octanol–water partition coefficient (Wildman–Crippen LogP) is 3.57. The van der Waals surface area contributed by atoms with Crippen LogP contribution in [0.3, 0.4) is 0 Å². The molecule has 0 saturated heterocycles.